The summed E-state index contributed by atoms with van der Waals surface area (Å²) >= 11 is 0. The minimum Gasteiger partial charge on any atom is -0.356 e. The molecule has 170 valence electrons. The molecule has 0 spiro atoms. The number of benzene rings is 2. The number of H-pyrrole nitrogens is 1. The first kappa shape index (κ1) is 19.7. The molecule has 3 aromatic rings. The maximum Gasteiger partial charge on any atom is 0.318 e. The molecule has 5 aliphatic rings. The van der Waals surface area contributed by atoms with Crippen LogP contribution < -0.4 is 5.32 Å². The average molecular weight is 440 g/mol. The molecule has 4 nitrogen and oxygen atoms in total. The molecular weight excluding hydrogens is 406 g/mol. The van der Waals surface area contributed by atoms with Crippen LogP contribution in [0.4, 0.5) is 4.79 Å². The minimum absolute atomic E-state index is 0.0321. The van der Waals surface area contributed by atoms with Gasteiger partial charge in [-0.05, 0) is 86.8 Å². The van der Waals surface area contributed by atoms with Gasteiger partial charge in [0.1, 0.15) is 0 Å². The molecule has 1 aromatic heterocycles. The van der Waals surface area contributed by atoms with Gasteiger partial charge < -0.3 is 15.2 Å². The molecular formula is C29H33N3O. The van der Waals surface area contributed by atoms with Crippen molar-refractivity contribution in [3.8, 4) is 0 Å². The lowest BCUT2D eigenvalue weighted by Gasteiger charge is -2.57. The number of aromatic amines is 1. The predicted molar refractivity (Wildman–Crippen MR) is 131 cm³/mol. The molecule has 4 bridgehead atoms. The van der Waals surface area contributed by atoms with E-state index in [1.54, 1.807) is 0 Å². The molecule has 2 aromatic carbocycles. The number of hydrogen-bond acceptors (Lipinski definition) is 1. The Labute approximate surface area is 195 Å². The van der Waals surface area contributed by atoms with Crippen LogP contribution in [0.15, 0.2) is 48.5 Å². The van der Waals surface area contributed by atoms with Gasteiger partial charge >= 0.3 is 6.03 Å². The Kier molecular flexibility index (Phi) is 4.25. The van der Waals surface area contributed by atoms with Gasteiger partial charge in [-0.3, -0.25) is 0 Å². The highest BCUT2D eigenvalue weighted by atomic mass is 16.2. The molecule has 4 heteroatoms. The number of nitrogens with zero attached hydrogens (tertiary/aromatic N) is 1. The fraction of sp³-hybridized carbons (Fsp3) is 0.483. The van der Waals surface area contributed by atoms with E-state index in [9.17, 15) is 4.79 Å². The summed E-state index contributed by atoms with van der Waals surface area (Å²) in [6.07, 6.45) is 8.63. The van der Waals surface area contributed by atoms with Gasteiger partial charge in [-0.2, -0.15) is 0 Å². The zero-order valence-corrected chi connectivity index (χ0v) is 19.4. The van der Waals surface area contributed by atoms with Crippen molar-refractivity contribution < 1.29 is 4.79 Å². The van der Waals surface area contributed by atoms with Crippen LogP contribution in [0, 0.1) is 24.7 Å². The summed E-state index contributed by atoms with van der Waals surface area (Å²) in [7, 11) is 0. The van der Waals surface area contributed by atoms with Crippen LogP contribution in [0.1, 0.15) is 67.0 Å². The summed E-state index contributed by atoms with van der Waals surface area (Å²) in [6, 6.07) is 17.4. The average Bonchev–Trinajstić information content (AvgIpc) is 3.16. The van der Waals surface area contributed by atoms with Gasteiger partial charge in [0.25, 0.3) is 0 Å². The monoisotopic (exact) mass is 439 g/mol. The second-order valence-electron chi connectivity index (χ2n) is 11.4. The van der Waals surface area contributed by atoms with Gasteiger partial charge in [-0.1, -0.05) is 48.0 Å². The first-order valence-electron chi connectivity index (χ1n) is 12.8. The van der Waals surface area contributed by atoms with E-state index in [0.29, 0.717) is 0 Å². The Morgan fingerprint density at radius 1 is 0.970 bits per heavy atom. The highest BCUT2D eigenvalue weighted by molar-refractivity contribution is 5.86. The van der Waals surface area contributed by atoms with Crippen molar-refractivity contribution >= 4 is 16.9 Å². The van der Waals surface area contributed by atoms with Crippen LogP contribution in [0.25, 0.3) is 10.9 Å². The number of carbonyl (C=O) groups excluding carboxylic acids is 1. The third-order valence-corrected chi connectivity index (χ3v) is 9.10. The summed E-state index contributed by atoms with van der Waals surface area (Å²) in [6.45, 7) is 2.88. The third kappa shape index (κ3) is 3.13. The van der Waals surface area contributed by atoms with Crippen molar-refractivity contribution in [2.24, 2.45) is 17.8 Å². The molecule has 4 aliphatic carbocycles. The highest BCUT2D eigenvalue weighted by Crippen LogP contribution is 2.55. The molecule has 8 rings (SSSR count). The molecule has 4 saturated carbocycles. The van der Waals surface area contributed by atoms with Gasteiger partial charge in [-0.15, -0.1) is 0 Å². The number of aryl methyl sites for hydroxylation is 1. The first-order chi connectivity index (χ1) is 16.1. The fourth-order valence-corrected chi connectivity index (χ4v) is 8.12. The van der Waals surface area contributed by atoms with Crippen molar-refractivity contribution in [3.05, 3.63) is 70.9 Å². The zero-order chi connectivity index (χ0) is 22.2. The first-order valence-corrected chi connectivity index (χ1v) is 12.8. The molecule has 4 fully saturated rings. The Bertz CT molecular complexity index is 1190. The van der Waals surface area contributed by atoms with Gasteiger partial charge in [-0.25, -0.2) is 4.79 Å². The summed E-state index contributed by atoms with van der Waals surface area (Å²) in [4.78, 5) is 19.8. The number of amides is 2. The third-order valence-electron chi connectivity index (χ3n) is 9.10. The largest absolute Gasteiger partial charge is 0.356 e. The highest BCUT2D eigenvalue weighted by Gasteiger charge is 2.52. The second-order valence-corrected chi connectivity index (χ2v) is 11.4. The van der Waals surface area contributed by atoms with E-state index in [-0.39, 0.29) is 17.6 Å². The number of nitrogens with one attached hydrogen (secondary N) is 2. The van der Waals surface area contributed by atoms with Crippen molar-refractivity contribution in [2.45, 2.75) is 63.5 Å². The minimum atomic E-state index is -0.0735. The zero-order valence-electron chi connectivity index (χ0n) is 19.4. The van der Waals surface area contributed by atoms with Crippen molar-refractivity contribution in [1.29, 1.82) is 0 Å². The van der Waals surface area contributed by atoms with Crippen LogP contribution in [0.2, 0.25) is 0 Å². The molecule has 2 heterocycles. The Hall–Kier alpha value is -2.75. The molecule has 0 radical (unpaired) electrons. The van der Waals surface area contributed by atoms with E-state index in [1.165, 1.54) is 71.8 Å². The quantitative estimate of drug-likeness (QED) is 0.498. The number of fused-ring (bicyclic) bond motifs is 3. The topological polar surface area (TPSA) is 48.1 Å². The molecule has 2 N–H and O–H groups in total. The smallest absolute Gasteiger partial charge is 0.318 e. The maximum atomic E-state index is 14.0. The van der Waals surface area contributed by atoms with Crippen LogP contribution in [0.3, 0.4) is 0 Å². The Balaban J connectivity index is 1.26. The van der Waals surface area contributed by atoms with E-state index in [1.807, 2.05) is 0 Å². The van der Waals surface area contributed by atoms with Crippen LogP contribution in [-0.4, -0.2) is 28.0 Å². The van der Waals surface area contributed by atoms with E-state index in [0.717, 1.165) is 30.7 Å². The number of carbonyl (C=O) groups is 1. The van der Waals surface area contributed by atoms with Crippen molar-refractivity contribution in [3.63, 3.8) is 0 Å². The number of hydrogen-bond donors (Lipinski definition) is 2. The van der Waals surface area contributed by atoms with Gasteiger partial charge in [0.2, 0.25) is 0 Å². The van der Waals surface area contributed by atoms with E-state index >= 15 is 0 Å². The predicted octanol–water partition coefficient (Wildman–Crippen LogP) is 6.10. The van der Waals surface area contributed by atoms with Gasteiger partial charge in [0.15, 0.2) is 0 Å². The second kappa shape index (κ2) is 7.12. The molecule has 33 heavy (non-hydrogen) atoms. The summed E-state index contributed by atoms with van der Waals surface area (Å²) in [5, 5.41) is 4.94. The lowest BCUT2D eigenvalue weighted by Crippen LogP contribution is -2.62. The normalized spacial score (nSPS) is 32.2. The maximum absolute atomic E-state index is 14.0. The summed E-state index contributed by atoms with van der Waals surface area (Å²) < 4.78 is 0. The Morgan fingerprint density at radius 2 is 1.64 bits per heavy atom. The van der Waals surface area contributed by atoms with Gasteiger partial charge in [0.05, 0.1) is 6.04 Å². The molecule has 1 atom stereocenters. The lowest BCUT2D eigenvalue weighted by atomic mass is 9.53. The molecule has 2 amide bonds. The van der Waals surface area contributed by atoms with Crippen LogP contribution in [0.5, 0.6) is 0 Å². The van der Waals surface area contributed by atoms with Crippen molar-refractivity contribution in [2.75, 3.05) is 6.54 Å². The molecule has 1 unspecified atom stereocenters. The summed E-state index contributed by atoms with van der Waals surface area (Å²) in [5.41, 5.74) is 6.19. The number of para-hydroxylation sites is 1. The summed E-state index contributed by atoms with van der Waals surface area (Å²) in [5.74, 6) is 2.48. The SMILES string of the molecule is Cc1ccc(C2c3[nH]c4ccccc4c3CCN2C(=O)NC23CC4CC(CC(C4)C2)C3)cc1. The van der Waals surface area contributed by atoms with Crippen molar-refractivity contribution in [1.82, 2.24) is 15.2 Å². The Morgan fingerprint density at radius 3 is 2.33 bits per heavy atom. The van der Waals surface area contributed by atoms with Crippen LogP contribution >= 0.6 is 0 Å². The number of urea groups is 1. The number of aromatic nitrogens is 1. The van der Waals surface area contributed by atoms with E-state index in [4.69, 9.17) is 0 Å². The van der Waals surface area contributed by atoms with Crippen LogP contribution in [-0.2, 0) is 6.42 Å². The molecule has 1 aliphatic heterocycles. The van der Waals surface area contributed by atoms with Gasteiger partial charge in [0, 0.05) is 28.7 Å². The van der Waals surface area contributed by atoms with E-state index in [2.05, 4.69) is 70.7 Å². The molecule has 0 saturated heterocycles. The fourth-order valence-electron chi connectivity index (χ4n) is 8.12. The standard InChI is InChI=1S/C29H33N3O/c1-18-6-8-22(9-7-18)27-26-24(23-4-2-3-5-25(23)30-26)10-11-32(27)28(33)31-29-15-19-12-20(16-29)14-21(13-19)17-29/h2-9,19-21,27,30H,10-17H2,1H3,(H,31,33). The van der Waals surface area contributed by atoms with E-state index < -0.39 is 0 Å². The lowest BCUT2D eigenvalue weighted by molar-refractivity contribution is -0.0163. The number of rotatable bonds is 2.